The van der Waals surface area contributed by atoms with E-state index in [2.05, 4.69) is 47.1 Å². The van der Waals surface area contributed by atoms with Crippen LogP contribution in [0, 0.1) is 34.5 Å². The standard InChI is InChI=1S/C26H35N5O2/c1-25(7-8-27,31-11-9-30(10-12-31)21-5-3-2-4-6-21)23(28)29-22-19-13-18-14-20(22)17-26(15-18,16-19)24(32)33/h2-6,18-20,22H,7,9-17H2,1H3,(H2,28,29)(H,32,33). The second-order valence-corrected chi connectivity index (χ2v) is 11.0. The molecule has 3 unspecified atom stereocenters. The van der Waals surface area contributed by atoms with Gasteiger partial charge < -0.3 is 15.7 Å². The minimum atomic E-state index is -0.622. The zero-order valence-corrected chi connectivity index (χ0v) is 19.5. The number of nitrogens with zero attached hydrogens (tertiary/aromatic N) is 4. The van der Waals surface area contributed by atoms with Crippen molar-refractivity contribution in [1.29, 1.82) is 5.26 Å². The fourth-order valence-electron chi connectivity index (χ4n) is 7.39. The zero-order valence-electron chi connectivity index (χ0n) is 19.5. The molecule has 5 fully saturated rings. The third kappa shape index (κ3) is 3.78. The van der Waals surface area contributed by atoms with Crippen LogP contribution in [0.1, 0.15) is 45.4 Å². The van der Waals surface area contributed by atoms with Crippen molar-refractivity contribution in [1.82, 2.24) is 4.90 Å². The molecule has 0 aromatic heterocycles. The first-order chi connectivity index (χ1) is 15.8. The number of amidine groups is 1. The van der Waals surface area contributed by atoms with Gasteiger partial charge in [-0.25, -0.2) is 0 Å². The predicted octanol–water partition coefficient (Wildman–Crippen LogP) is 3.12. The molecular formula is C26H35N5O2. The number of carbonyl (C=O) groups is 1. The molecule has 176 valence electrons. The van der Waals surface area contributed by atoms with Gasteiger partial charge in [0.05, 0.1) is 29.5 Å². The molecule has 0 amide bonds. The SMILES string of the molecule is CC(CC#N)(C(N)=NC1C2CC3CC1CC(C(=O)O)(C3)C2)N1CCN(c2ccccc2)CC1. The van der Waals surface area contributed by atoms with Gasteiger partial charge in [-0.05, 0) is 68.9 Å². The summed E-state index contributed by atoms with van der Waals surface area (Å²) in [5, 5.41) is 19.6. The molecule has 4 aliphatic carbocycles. The summed E-state index contributed by atoms with van der Waals surface area (Å²) in [7, 11) is 0. The minimum absolute atomic E-state index is 0.0950. The molecule has 4 saturated carbocycles. The van der Waals surface area contributed by atoms with E-state index in [1.54, 1.807) is 0 Å². The van der Waals surface area contributed by atoms with Crippen LogP contribution < -0.4 is 10.6 Å². The van der Waals surface area contributed by atoms with Crippen LogP contribution in [0.4, 0.5) is 5.69 Å². The van der Waals surface area contributed by atoms with Gasteiger partial charge in [0.15, 0.2) is 0 Å². The fraction of sp³-hybridized carbons (Fsp3) is 0.654. The molecule has 1 aliphatic heterocycles. The number of aliphatic carboxylic acids is 1. The Morgan fingerprint density at radius 3 is 2.39 bits per heavy atom. The molecule has 7 heteroatoms. The Bertz CT molecular complexity index is 949. The van der Waals surface area contributed by atoms with E-state index in [1.807, 2.05) is 6.07 Å². The van der Waals surface area contributed by atoms with Crippen LogP contribution in [0.2, 0.25) is 0 Å². The largest absolute Gasteiger partial charge is 0.481 e. The van der Waals surface area contributed by atoms with Crippen LogP contribution >= 0.6 is 0 Å². The van der Waals surface area contributed by atoms with Gasteiger partial charge in [-0.15, -0.1) is 0 Å². The molecule has 3 atom stereocenters. The summed E-state index contributed by atoms with van der Waals surface area (Å²) in [6.07, 6.45) is 4.72. The Labute approximate surface area is 196 Å². The van der Waals surface area contributed by atoms with E-state index in [4.69, 9.17) is 10.7 Å². The van der Waals surface area contributed by atoms with Crippen molar-refractivity contribution in [2.45, 2.75) is 57.0 Å². The van der Waals surface area contributed by atoms with E-state index in [9.17, 15) is 15.2 Å². The second kappa shape index (κ2) is 8.32. The predicted molar refractivity (Wildman–Crippen MR) is 128 cm³/mol. The van der Waals surface area contributed by atoms with E-state index in [0.717, 1.165) is 58.3 Å². The molecule has 1 heterocycles. The average Bonchev–Trinajstić information content (AvgIpc) is 2.81. The highest BCUT2D eigenvalue weighted by Gasteiger charge is 2.59. The number of benzene rings is 1. The second-order valence-electron chi connectivity index (χ2n) is 11.0. The molecular weight excluding hydrogens is 414 g/mol. The van der Waals surface area contributed by atoms with Gasteiger partial charge in [0, 0.05) is 31.9 Å². The van der Waals surface area contributed by atoms with Crippen molar-refractivity contribution < 1.29 is 9.90 Å². The van der Waals surface area contributed by atoms with Gasteiger partial charge in [0.2, 0.25) is 0 Å². The van der Waals surface area contributed by atoms with Gasteiger partial charge in [-0.2, -0.15) is 5.26 Å². The fourth-order valence-corrected chi connectivity index (χ4v) is 7.39. The van der Waals surface area contributed by atoms with Gasteiger partial charge in [-0.3, -0.25) is 14.7 Å². The monoisotopic (exact) mass is 449 g/mol. The average molecular weight is 450 g/mol. The van der Waals surface area contributed by atoms with E-state index in [1.165, 1.54) is 5.69 Å². The molecule has 3 N–H and O–H groups in total. The number of piperazine rings is 1. The molecule has 1 aromatic carbocycles. The number of carboxylic acids is 1. The number of anilines is 1. The lowest BCUT2D eigenvalue weighted by Crippen LogP contribution is -2.62. The number of carboxylic acid groups (broad SMARTS) is 1. The number of rotatable bonds is 6. The Morgan fingerprint density at radius 2 is 1.82 bits per heavy atom. The topological polar surface area (TPSA) is 106 Å². The van der Waals surface area contributed by atoms with E-state index in [0.29, 0.717) is 30.0 Å². The summed E-state index contributed by atoms with van der Waals surface area (Å²) in [5.41, 5.74) is 6.80. The first-order valence-electron chi connectivity index (χ1n) is 12.3. The van der Waals surface area contributed by atoms with Crippen LogP contribution in [0.3, 0.4) is 0 Å². The Kier molecular flexibility index (Phi) is 5.60. The van der Waals surface area contributed by atoms with Crippen molar-refractivity contribution in [3.63, 3.8) is 0 Å². The number of para-hydroxylation sites is 1. The van der Waals surface area contributed by atoms with Crippen molar-refractivity contribution in [3.8, 4) is 6.07 Å². The molecule has 4 bridgehead atoms. The highest BCUT2D eigenvalue weighted by atomic mass is 16.4. The van der Waals surface area contributed by atoms with Crippen molar-refractivity contribution in [3.05, 3.63) is 30.3 Å². The molecule has 0 radical (unpaired) electrons. The Hall–Kier alpha value is -2.59. The molecule has 7 nitrogen and oxygen atoms in total. The number of aliphatic imine (C=N–C) groups is 1. The van der Waals surface area contributed by atoms with Gasteiger partial charge in [-0.1, -0.05) is 18.2 Å². The summed E-state index contributed by atoms with van der Waals surface area (Å²) < 4.78 is 0. The quantitative estimate of drug-likeness (QED) is 0.511. The van der Waals surface area contributed by atoms with Crippen molar-refractivity contribution >= 4 is 17.5 Å². The zero-order chi connectivity index (χ0) is 23.2. The summed E-state index contributed by atoms with van der Waals surface area (Å²) in [4.78, 5) is 21.9. The molecule has 6 rings (SSSR count). The maximum atomic E-state index is 12.1. The summed E-state index contributed by atoms with van der Waals surface area (Å²) in [6.45, 7) is 5.48. The third-order valence-corrected chi connectivity index (χ3v) is 9.04. The third-order valence-electron chi connectivity index (χ3n) is 9.04. The molecule has 0 spiro atoms. The first kappa shape index (κ1) is 22.2. The van der Waals surface area contributed by atoms with Gasteiger partial charge in [0.1, 0.15) is 5.84 Å². The maximum absolute atomic E-state index is 12.1. The highest BCUT2D eigenvalue weighted by Crippen LogP contribution is 2.61. The number of hydrogen-bond donors (Lipinski definition) is 2. The normalized spacial score (nSPS) is 35.8. The van der Waals surface area contributed by atoms with E-state index in [-0.39, 0.29) is 6.04 Å². The van der Waals surface area contributed by atoms with Crippen LogP contribution in [-0.4, -0.2) is 59.6 Å². The summed E-state index contributed by atoms with van der Waals surface area (Å²) >= 11 is 0. The van der Waals surface area contributed by atoms with Crippen LogP contribution in [0.15, 0.2) is 35.3 Å². The highest BCUT2D eigenvalue weighted by molar-refractivity contribution is 5.90. The van der Waals surface area contributed by atoms with Gasteiger partial charge >= 0.3 is 5.97 Å². The molecule has 33 heavy (non-hydrogen) atoms. The number of hydrogen-bond acceptors (Lipinski definition) is 5. The van der Waals surface area contributed by atoms with Crippen LogP contribution in [-0.2, 0) is 4.79 Å². The lowest BCUT2D eigenvalue weighted by atomic mass is 9.48. The first-order valence-corrected chi connectivity index (χ1v) is 12.3. The molecule has 1 saturated heterocycles. The molecule has 1 aromatic rings. The number of nitrogens with two attached hydrogens (primary N) is 1. The molecule has 5 aliphatic rings. The Balaban J connectivity index is 1.33. The number of nitriles is 1. The van der Waals surface area contributed by atoms with Gasteiger partial charge in [0.25, 0.3) is 0 Å². The van der Waals surface area contributed by atoms with E-state index >= 15 is 0 Å². The van der Waals surface area contributed by atoms with E-state index < -0.39 is 16.9 Å². The van der Waals surface area contributed by atoms with Crippen molar-refractivity contribution in [2.75, 3.05) is 31.1 Å². The lowest BCUT2D eigenvalue weighted by molar-refractivity contribution is -0.166. The van der Waals surface area contributed by atoms with Crippen molar-refractivity contribution in [2.24, 2.45) is 33.9 Å². The lowest BCUT2D eigenvalue weighted by Gasteiger charge is -2.57. The minimum Gasteiger partial charge on any atom is -0.481 e. The van der Waals surface area contributed by atoms with Crippen LogP contribution in [0.5, 0.6) is 0 Å². The summed E-state index contributed by atoms with van der Waals surface area (Å²) in [5.74, 6) is 1.05. The maximum Gasteiger partial charge on any atom is 0.309 e. The summed E-state index contributed by atoms with van der Waals surface area (Å²) in [6, 6.07) is 12.9. The van der Waals surface area contributed by atoms with Crippen LogP contribution in [0.25, 0.3) is 0 Å². The Morgan fingerprint density at radius 1 is 1.18 bits per heavy atom. The smallest absolute Gasteiger partial charge is 0.309 e.